The minimum atomic E-state index is -0.0463. The quantitative estimate of drug-likeness (QED) is 0.435. The molecule has 0 aromatic rings. The molecular weight excluding hydrogens is 96.1 g/mol. The van der Waals surface area contributed by atoms with Gasteiger partial charge < -0.3 is 0 Å². The molecule has 0 atom stereocenters. The van der Waals surface area contributed by atoms with Crippen LogP contribution in [-0.2, 0) is 0 Å². The fraction of sp³-hybridized carbons (Fsp3) is 0.125. The average molecular weight is 101 g/mol. The van der Waals surface area contributed by atoms with Crippen LogP contribution in [0.3, 0.4) is 0 Å². The zero-order valence-electron chi connectivity index (χ0n) is 4.39. The van der Waals surface area contributed by atoms with Gasteiger partial charge in [0.15, 0.2) is 0 Å². The molecule has 0 fully saturated rings. The van der Waals surface area contributed by atoms with Crippen LogP contribution in [0.4, 0.5) is 0 Å². The summed E-state index contributed by atoms with van der Waals surface area (Å²) in [5.41, 5.74) is 2.28. The standard InChI is InChI=1S/C8H5/c1-6-7-2-3-8(6)5-4-7/h2-6H. The van der Waals surface area contributed by atoms with Gasteiger partial charge in [-0.15, -0.1) is 0 Å². The molecule has 0 nitrogen and oxygen atoms in total. The van der Waals surface area contributed by atoms with Crippen molar-refractivity contribution in [3.8, 4) is 0 Å². The Morgan fingerprint density at radius 1 is 1.12 bits per heavy atom. The van der Waals surface area contributed by atoms with E-state index in [1.54, 1.807) is 0 Å². The SMILES string of the molecule is [C]C1C2=CC=C1C=C2. The zero-order chi connectivity index (χ0) is 5.56. The summed E-state index contributed by atoms with van der Waals surface area (Å²) in [4.78, 5) is 0. The molecule has 0 amide bonds. The van der Waals surface area contributed by atoms with Crippen LogP contribution in [0, 0.1) is 12.8 Å². The smallest absolute Gasteiger partial charge is 0.0164 e. The minimum Gasteiger partial charge on any atom is -0.0581 e. The van der Waals surface area contributed by atoms with Gasteiger partial charge in [0.25, 0.3) is 0 Å². The van der Waals surface area contributed by atoms with Crippen LogP contribution >= 0.6 is 0 Å². The minimum absolute atomic E-state index is 0.0463. The van der Waals surface area contributed by atoms with E-state index in [0.717, 1.165) is 11.1 Å². The van der Waals surface area contributed by atoms with Crippen LogP contribution in [0.2, 0.25) is 0 Å². The number of hydrogen-bond acceptors (Lipinski definition) is 0. The Bertz CT molecular complexity index is 182. The Morgan fingerprint density at radius 2 is 1.62 bits per heavy atom. The fourth-order valence-electron chi connectivity index (χ4n) is 1.07. The maximum atomic E-state index is 7.41. The Hall–Kier alpha value is -0.780. The first-order valence-corrected chi connectivity index (χ1v) is 2.69. The van der Waals surface area contributed by atoms with Gasteiger partial charge in [-0.25, -0.2) is 0 Å². The van der Waals surface area contributed by atoms with E-state index in [2.05, 4.69) is 0 Å². The van der Waals surface area contributed by atoms with Crippen molar-refractivity contribution >= 4 is 0 Å². The Labute approximate surface area is 49.2 Å². The molecule has 2 aliphatic carbocycles. The summed E-state index contributed by atoms with van der Waals surface area (Å²) in [7, 11) is 0. The normalized spacial score (nSPS) is 24.1. The van der Waals surface area contributed by atoms with Crippen LogP contribution in [0.1, 0.15) is 0 Å². The van der Waals surface area contributed by atoms with Crippen molar-refractivity contribution in [3.05, 3.63) is 42.4 Å². The van der Waals surface area contributed by atoms with Crippen molar-refractivity contribution in [2.24, 2.45) is 5.92 Å². The van der Waals surface area contributed by atoms with E-state index in [-0.39, 0.29) is 5.92 Å². The maximum Gasteiger partial charge on any atom is 0.0164 e. The highest BCUT2D eigenvalue weighted by atomic mass is 14.2. The third-order valence-electron chi connectivity index (χ3n) is 1.60. The van der Waals surface area contributed by atoms with E-state index < -0.39 is 0 Å². The third-order valence-corrected chi connectivity index (χ3v) is 1.60. The predicted octanol–water partition coefficient (Wildman–Crippen LogP) is 1.63. The first kappa shape index (κ1) is 4.13. The lowest BCUT2D eigenvalue weighted by molar-refractivity contribution is 1.01. The van der Waals surface area contributed by atoms with Gasteiger partial charge in [0, 0.05) is 12.8 Å². The summed E-state index contributed by atoms with van der Waals surface area (Å²) in [6, 6.07) is 0. The molecule has 0 unspecified atom stereocenters. The highest BCUT2D eigenvalue weighted by molar-refractivity contribution is 5.53. The fourth-order valence-corrected chi connectivity index (χ4v) is 1.07. The Kier molecular flexibility index (Phi) is 0.587. The predicted molar refractivity (Wildman–Crippen MR) is 32.0 cm³/mol. The van der Waals surface area contributed by atoms with Crippen molar-refractivity contribution in [1.82, 2.24) is 0 Å². The molecule has 0 saturated carbocycles. The third kappa shape index (κ3) is 0.313. The molecule has 37 valence electrons. The lowest BCUT2D eigenvalue weighted by Gasteiger charge is -1.96. The lowest BCUT2D eigenvalue weighted by Crippen LogP contribution is -1.86. The molecule has 2 aliphatic rings. The van der Waals surface area contributed by atoms with Gasteiger partial charge in [0.1, 0.15) is 0 Å². The van der Waals surface area contributed by atoms with Crippen LogP contribution < -0.4 is 0 Å². The van der Waals surface area contributed by atoms with Gasteiger partial charge in [0.05, 0.1) is 0 Å². The molecule has 3 radical (unpaired) electrons. The summed E-state index contributed by atoms with van der Waals surface area (Å²) in [6.07, 6.45) is 8.03. The zero-order valence-corrected chi connectivity index (χ0v) is 4.39. The van der Waals surface area contributed by atoms with Crippen LogP contribution in [-0.4, -0.2) is 0 Å². The van der Waals surface area contributed by atoms with Crippen molar-refractivity contribution < 1.29 is 0 Å². The van der Waals surface area contributed by atoms with E-state index in [1.807, 2.05) is 24.3 Å². The highest BCUT2D eigenvalue weighted by Gasteiger charge is 2.19. The van der Waals surface area contributed by atoms with Gasteiger partial charge in [-0.2, -0.15) is 0 Å². The number of hydrogen-bond donors (Lipinski definition) is 0. The molecule has 2 rings (SSSR count). The molecule has 0 heterocycles. The molecule has 8 heavy (non-hydrogen) atoms. The molecule has 0 aromatic heterocycles. The second-order valence-corrected chi connectivity index (χ2v) is 2.10. The molecule has 0 aromatic carbocycles. The van der Waals surface area contributed by atoms with Crippen molar-refractivity contribution in [2.45, 2.75) is 0 Å². The molecule has 0 aliphatic heterocycles. The molecule has 0 N–H and O–H groups in total. The van der Waals surface area contributed by atoms with Crippen molar-refractivity contribution in [3.63, 3.8) is 0 Å². The average Bonchev–Trinajstić information content (AvgIpc) is 2.29. The van der Waals surface area contributed by atoms with Gasteiger partial charge in [-0.3, -0.25) is 0 Å². The number of fused-ring (bicyclic) bond motifs is 2. The summed E-state index contributed by atoms with van der Waals surface area (Å²) < 4.78 is 0. The van der Waals surface area contributed by atoms with E-state index in [4.69, 9.17) is 6.92 Å². The highest BCUT2D eigenvalue weighted by Crippen LogP contribution is 2.33. The molecule has 2 bridgehead atoms. The molecule has 0 spiro atoms. The monoisotopic (exact) mass is 101 g/mol. The maximum absolute atomic E-state index is 7.41. The second-order valence-electron chi connectivity index (χ2n) is 2.10. The van der Waals surface area contributed by atoms with Gasteiger partial charge >= 0.3 is 0 Å². The Morgan fingerprint density at radius 3 is 1.75 bits per heavy atom. The van der Waals surface area contributed by atoms with E-state index in [9.17, 15) is 0 Å². The summed E-state index contributed by atoms with van der Waals surface area (Å²) in [5, 5.41) is 0. The van der Waals surface area contributed by atoms with Crippen molar-refractivity contribution in [1.29, 1.82) is 0 Å². The van der Waals surface area contributed by atoms with Crippen LogP contribution in [0.5, 0.6) is 0 Å². The topological polar surface area (TPSA) is 0 Å². The van der Waals surface area contributed by atoms with Crippen LogP contribution in [0.15, 0.2) is 35.5 Å². The first-order valence-electron chi connectivity index (χ1n) is 2.69. The molecular formula is C8H5. The van der Waals surface area contributed by atoms with Gasteiger partial charge in [-0.05, 0) is 11.1 Å². The first-order chi connectivity index (χ1) is 3.88. The van der Waals surface area contributed by atoms with E-state index in [0.29, 0.717) is 0 Å². The number of allylic oxidation sites excluding steroid dienone is 6. The van der Waals surface area contributed by atoms with Gasteiger partial charge in [0.2, 0.25) is 0 Å². The van der Waals surface area contributed by atoms with E-state index >= 15 is 0 Å². The lowest BCUT2D eigenvalue weighted by atomic mass is 10.1. The van der Waals surface area contributed by atoms with Crippen molar-refractivity contribution in [2.75, 3.05) is 0 Å². The van der Waals surface area contributed by atoms with Crippen LogP contribution in [0.25, 0.3) is 0 Å². The summed E-state index contributed by atoms with van der Waals surface area (Å²) in [5.74, 6) is -0.0463. The summed E-state index contributed by atoms with van der Waals surface area (Å²) in [6.45, 7) is 7.41. The van der Waals surface area contributed by atoms with Gasteiger partial charge in [-0.1, -0.05) is 24.3 Å². The largest absolute Gasteiger partial charge is 0.0581 e. The number of rotatable bonds is 0. The molecule has 0 saturated heterocycles. The second kappa shape index (κ2) is 1.13. The molecule has 0 heteroatoms. The Balaban J connectivity index is 2.57. The summed E-state index contributed by atoms with van der Waals surface area (Å²) >= 11 is 0. The van der Waals surface area contributed by atoms with E-state index in [1.165, 1.54) is 0 Å².